The summed E-state index contributed by atoms with van der Waals surface area (Å²) >= 11 is 0. The Bertz CT molecular complexity index is 1060. The first-order chi connectivity index (χ1) is 15.1. The van der Waals surface area contributed by atoms with Gasteiger partial charge < -0.3 is 4.90 Å². The van der Waals surface area contributed by atoms with E-state index in [4.69, 9.17) is 5.10 Å². The number of nitrogens with zero attached hydrogens (tertiary/aromatic N) is 4. The molecule has 5 nitrogen and oxygen atoms in total. The van der Waals surface area contributed by atoms with Crippen molar-refractivity contribution in [2.75, 3.05) is 13.6 Å². The Labute approximate surface area is 184 Å². The van der Waals surface area contributed by atoms with Crippen molar-refractivity contribution < 1.29 is 4.79 Å². The van der Waals surface area contributed by atoms with Gasteiger partial charge in [-0.3, -0.25) is 14.5 Å². The van der Waals surface area contributed by atoms with Gasteiger partial charge in [-0.2, -0.15) is 5.10 Å². The molecule has 1 aromatic heterocycles. The number of fused-ring (bicyclic) bond motifs is 1. The molecule has 1 aliphatic rings. The van der Waals surface area contributed by atoms with Crippen LogP contribution < -0.4 is 0 Å². The summed E-state index contributed by atoms with van der Waals surface area (Å²) in [4.78, 5) is 19.4. The Morgan fingerprint density at radius 1 is 1.13 bits per heavy atom. The van der Waals surface area contributed by atoms with Gasteiger partial charge in [-0.25, -0.2) is 0 Å². The van der Waals surface area contributed by atoms with E-state index in [2.05, 4.69) is 43.1 Å². The molecule has 5 heteroatoms. The molecule has 1 unspecified atom stereocenters. The second-order valence-corrected chi connectivity index (χ2v) is 8.34. The summed E-state index contributed by atoms with van der Waals surface area (Å²) in [5.41, 5.74) is 6.00. The average Bonchev–Trinajstić information content (AvgIpc) is 3.23. The van der Waals surface area contributed by atoms with Gasteiger partial charge >= 0.3 is 0 Å². The predicted octanol–water partition coefficient (Wildman–Crippen LogP) is 5.29. The van der Waals surface area contributed by atoms with E-state index in [-0.39, 0.29) is 11.9 Å². The van der Waals surface area contributed by atoms with Crippen molar-refractivity contribution in [2.45, 2.75) is 45.7 Å². The van der Waals surface area contributed by atoms with E-state index in [0.717, 1.165) is 41.6 Å². The molecule has 160 valence electrons. The highest BCUT2D eigenvalue weighted by Crippen LogP contribution is 2.30. The van der Waals surface area contributed by atoms with E-state index in [1.54, 1.807) is 7.05 Å². The van der Waals surface area contributed by atoms with E-state index in [9.17, 15) is 4.79 Å². The molecule has 31 heavy (non-hydrogen) atoms. The Hall–Kier alpha value is -3.21. The van der Waals surface area contributed by atoms with E-state index in [1.807, 2.05) is 46.1 Å². The van der Waals surface area contributed by atoms with Crippen LogP contribution in [0.3, 0.4) is 0 Å². The molecule has 0 saturated carbocycles. The van der Waals surface area contributed by atoms with Crippen LogP contribution in [0, 0.1) is 6.92 Å². The maximum absolute atomic E-state index is 13.3. The zero-order chi connectivity index (χ0) is 21.8. The van der Waals surface area contributed by atoms with Crippen molar-refractivity contribution in [1.29, 1.82) is 0 Å². The highest BCUT2D eigenvalue weighted by Gasteiger charge is 2.32. The molecule has 0 aliphatic carbocycles. The van der Waals surface area contributed by atoms with Crippen LogP contribution in [-0.2, 0) is 6.54 Å². The first-order valence-electron chi connectivity index (χ1n) is 11.1. The molecule has 1 aliphatic heterocycles. The van der Waals surface area contributed by atoms with Crippen LogP contribution >= 0.6 is 0 Å². The molecule has 0 fully saturated rings. The lowest BCUT2D eigenvalue weighted by molar-refractivity contribution is 0.0635. The summed E-state index contributed by atoms with van der Waals surface area (Å²) < 4.78 is 1.97. The molecule has 2 aromatic carbocycles. The van der Waals surface area contributed by atoms with Crippen LogP contribution in [0.25, 0.3) is 11.3 Å². The van der Waals surface area contributed by atoms with Crippen molar-refractivity contribution >= 4 is 12.1 Å². The lowest BCUT2D eigenvalue weighted by atomic mass is 10.0. The smallest absolute Gasteiger partial charge is 0.272 e. The zero-order valence-corrected chi connectivity index (χ0v) is 18.6. The van der Waals surface area contributed by atoms with Crippen LogP contribution in [-0.4, -0.2) is 40.4 Å². The van der Waals surface area contributed by atoms with Gasteiger partial charge in [0.05, 0.1) is 11.7 Å². The zero-order valence-electron chi connectivity index (χ0n) is 18.6. The maximum Gasteiger partial charge on any atom is 0.272 e. The summed E-state index contributed by atoms with van der Waals surface area (Å²) in [6.07, 6.45) is 5.10. The fourth-order valence-electron chi connectivity index (χ4n) is 4.14. The second kappa shape index (κ2) is 9.29. The third-order valence-electron chi connectivity index (χ3n) is 5.89. The number of carbonyl (C=O) groups is 1. The third kappa shape index (κ3) is 4.61. The number of carbonyl (C=O) groups excluding carboxylic acids is 1. The number of aryl methyl sites for hydroxylation is 1. The molecule has 2 heterocycles. The number of benzene rings is 2. The minimum atomic E-state index is 0.0572. The number of aliphatic imine (C=N–C) groups is 1. The van der Waals surface area contributed by atoms with Gasteiger partial charge in [-0.15, -0.1) is 0 Å². The molecule has 0 N–H and O–H groups in total. The number of hydrogen-bond acceptors (Lipinski definition) is 3. The monoisotopic (exact) mass is 414 g/mol. The Morgan fingerprint density at radius 3 is 2.55 bits per heavy atom. The molecule has 1 atom stereocenters. The van der Waals surface area contributed by atoms with E-state index < -0.39 is 0 Å². The fourth-order valence-corrected chi connectivity index (χ4v) is 4.14. The molecule has 0 saturated heterocycles. The molecular formula is C26H30N4O. The first kappa shape index (κ1) is 21.0. The Morgan fingerprint density at radius 2 is 1.87 bits per heavy atom. The highest BCUT2D eigenvalue weighted by atomic mass is 16.2. The summed E-state index contributed by atoms with van der Waals surface area (Å²) in [5.74, 6) is 0.0572. The second-order valence-electron chi connectivity index (χ2n) is 8.34. The Kier molecular flexibility index (Phi) is 6.31. The summed E-state index contributed by atoms with van der Waals surface area (Å²) in [6.45, 7) is 5.62. The number of unbranched alkanes of at least 4 members (excludes halogenated alkanes) is 1. The SMILES string of the molecule is CCCCC1CN(Cc2ccc(C)cc2)C(=O)c2cc(-c3ccc(C=NC)cc3)nn21. The molecule has 0 radical (unpaired) electrons. The van der Waals surface area contributed by atoms with Gasteiger partial charge in [0.1, 0.15) is 5.69 Å². The summed E-state index contributed by atoms with van der Waals surface area (Å²) in [7, 11) is 1.77. The van der Waals surface area contributed by atoms with Crippen molar-refractivity contribution in [1.82, 2.24) is 14.7 Å². The number of hydrogen-bond donors (Lipinski definition) is 0. The molecule has 4 rings (SSSR count). The third-order valence-corrected chi connectivity index (χ3v) is 5.89. The summed E-state index contributed by atoms with van der Waals surface area (Å²) in [6, 6.07) is 18.7. The minimum absolute atomic E-state index is 0.0572. The number of amides is 1. The number of aromatic nitrogens is 2. The molecular weight excluding hydrogens is 384 g/mol. The fraction of sp³-hybridized carbons (Fsp3) is 0.346. The van der Waals surface area contributed by atoms with Crippen molar-refractivity contribution in [2.24, 2.45) is 4.99 Å². The summed E-state index contributed by atoms with van der Waals surface area (Å²) in [5, 5.41) is 4.87. The van der Waals surface area contributed by atoms with Crippen molar-refractivity contribution in [3.63, 3.8) is 0 Å². The van der Waals surface area contributed by atoms with Gasteiger partial charge in [0.15, 0.2) is 0 Å². The van der Waals surface area contributed by atoms with Crippen molar-refractivity contribution in [3.8, 4) is 11.3 Å². The average molecular weight is 415 g/mol. The van der Waals surface area contributed by atoms with Crippen molar-refractivity contribution in [3.05, 3.63) is 77.0 Å². The van der Waals surface area contributed by atoms with Crippen LogP contribution in [0.15, 0.2) is 59.6 Å². The van der Waals surface area contributed by atoms with Gasteiger partial charge in [-0.05, 0) is 30.5 Å². The molecule has 0 spiro atoms. The topological polar surface area (TPSA) is 50.5 Å². The van der Waals surface area contributed by atoms with E-state index >= 15 is 0 Å². The molecule has 1 amide bonds. The van der Waals surface area contributed by atoms with E-state index in [1.165, 1.54) is 5.56 Å². The van der Waals surface area contributed by atoms with Crippen LogP contribution in [0.4, 0.5) is 0 Å². The quantitative estimate of drug-likeness (QED) is 0.493. The van der Waals surface area contributed by atoms with Gasteiger partial charge in [0.2, 0.25) is 0 Å². The molecule has 3 aromatic rings. The normalized spacial score (nSPS) is 16.2. The van der Waals surface area contributed by atoms with Crippen LogP contribution in [0.2, 0.25) is 0 Å². The van der Waals surface area contributed by atoms with Gasteiger partial charge in [-0.1, -0.05) is 73.9 Å². The molecule has 0 bridgehead atoms. The minimum Gasteiger partial charge on any atom is -0.331 e. The first-order valence-corrected chi connectivity index (χ1v) is 11.1. The van der Waals surface area contributed by atoms with Gasteiger partial charge in [0.25, 0.3) is 5.91 Å². The maximum atomic E-state index is 13.3. The standard InChI is InChI=1S/C26H30N4O/c1-4-5-6-23-18-29(17-21-9-7-19(2)8-10-21)26(31)25-15-24(28-30(23)25)22-13-11-20(12-14-22)16-27-3/h7-16,23H,4-6,17-18H2,1-3H3. The van der Waals surface area contributed by atoms with Crippen LogP contribution in [0.1, 0.15) is 59.4 Å². The largest absolute Gasteiger partial charge is 0.331 e. The lowest BCUT2D eigenvalue weighted by Crippen LogP contribution is -2.42. The Balaban J connectivity index is 1.64. The van der Waals surface area contributed by atoms with E-state index in [0.29, 0.717) is 18.8 Å². The predicted molar refractivity (Wildman–Crippen MR) is 126 cm³/mol. The highest BCUT2D eigenvalue weighted by molar-refractivity contribution is 5.94. The van der Waals surface area contributed by atoms with Crippen LogP contribution in [0.5, 0.6) is 0 Å². The lowest BCUT2D eigenvalue weighted by Gasteiger charge is -2.33. The van der Waals surface area contributed by atoms with Gasteiger partial charge in [0, 0.05) is 31.9 Å². The number of rotatable bonds is 7.